The zero-order valence-electron chi connectivity index (χ0n) is 9.57. The summed E-state index contributed by atoms with van der Waals surface area (Å²) in [6, 6.07) is 10.1. The van der Waals surface area contributed by atoms with Crippen molar-refractivity contribution in [2.45, 2.75) is 6.92 Å². The maximum absolute atomic E-state index is 13.0. The molecule has 0 unspecified atom stereocenters. The Morgan fingerprint density at radius 1 is 1.18 bits per heavy atom. The van der Waals surface area contributed by atoms with Crippen LogP contribution in [0.3, 0.4) is 0 Å². The van der Waals surface area contributed by atoms with Gasteiger partial charge in [-0.2, -0.15) is 0 Å². The SMILES string of the molecule is CCNc1cc(Nc2cccc(F)c2)ccn1. The molecule has 1 heterocycles. The minimum Gasteiger partial charge on any atom is -0.370 e. The normalized spacial score (nSPS) is 10.0. The summed E-state index contributed by atoms with van der Waals surface area (Å²) < 4.78 is 13.0. The van der Waals surface area contributed by atoms with Crippen molar-refractivity contribution in [3.63, 3.8) is 0 Å². The summed E-state index contributed by atoms with van der Waals surface area (Å²) in [5.74, 6) is 0.546. The summed E-state index contributed by atoms with van der Waals surface area (Å²) in [5.41, 5.74) is 1.60. The van der Waals surface area contributed by atoms with Crippen LogP contribution in [0.25, 0.3) is 0 Å². The van der Waals surface area contributed by atoms with Crippen LogP contribution in [0.15, 0.2) is 42.6 Å². The van der Waals surface area contributed by atoms with Crippen molar-refractivity contribution in [2.75, 3.05) is 17.2 Å². The van der Waals surface area contributed by atoms with Crippen LogP contribution in [0.1, 0.15) is 6.92 Å². The Labute approximate surface area is 99.7 Å². The first kappa shape index (κ1) is 11.4. The highest BCUT2D eigenvalue weighted by molar-refractivity contribution is 5.62. The topological polar surface area (TPSA) is 37.0 Å². The van der Waals surface area contributed by atoms with Crippen LogP contribution < -0.4 is 10.6 Å². The molecule has 0 atom stereocenters. The molecule has 4 heteroatoms. The molecule has 0 amide bonds. The molecule has 0 spiro atoms. The number of pyridine rings is 1. The highest BCUT2D eigenvalue weighted by atomic mass is 19.1. The fourth-order valence-electron chi connectivity index (χ4n) is 1.52. The summed E-state index contributed by atoms with van der Waals surface area (Å²) in [5, 5.41) is 6.24. The van der Waals surface area contributed by atoms with Crippen LogP contribution in [0.2, 0.25) is 0 Å². The van der Waals surface area contributed by atoms with Gasteiger partial charge in [-0.25, -0.2) is 9.37 Å². The van der Waals surface area contributed by atoms with Crippen LogP contribution in [-0.2, 0) is 0 Å². The van der Waals surface area contributed by atoms with E-state index in [1.54, 1.807) is 12.3 Å². The summed E-state index contributed by atoms with van der Waals surface area (Å²) in [6.45, 7) is 2.82. The maximum Gasteiger partial charge on any atom is 0.127 e. The standard InChI is InChI=1S/C13H14FN3/c1-2-15-13-9-12(6-7-16-13)17-11-5-3-4-10(14)8-11/h3-9H,2H2,1H3,(H2,15,16,17). The van der Waals surface area contributed by atoms with Gasteiger partial charge in [-0.05, 0) is 31.2 Å². The molecule has 0 saturated heterocycles. The molecule has 0 saturated carbocycles. The molecule has 0 aliphatic carbocycles. The Kier molecular flexibility index (Phi) is 3.55. The first-order valence-electron chi connectivity index (χ1n) is 5.50. The highest BCUT2D eigenvalue weighted by Crippen LogP contribution is 2.18. The van der Waals surface area contributed by atoms with Gasteiger partial charge >= 0.3 is 0 Å². The number of benzene rings is 1. The largest absolute Gasteiger partial charge is 0.370 e. The second-order valence-corrected chi connectivity index (χ2v) is 3.60. The molecule has 88 valence electrons. The number of nitrogens with zero attached hydrogens (tertiary/aromatic N) is 1. The van der Waals surface area contributed by atoms with E-state index in [9.17, 15) is 4.39 Å². The van der Waals surface area contributed by atoms with E-state index >= 15 is 0 Å². The number of hydrogen-bond donors (Lipinski definition) is 2. The van der Waals surface area contributed by atoms with Crippen molar-refractivity contribution in [1.82, 2.24) is 4.98 Å². The Bertz CT molecular complexity index is 500. The van der Waals surface area contributed by atoms with Crippen LogP contribution in [0.5, 0.6) is 0 Å². The van der Waals surface area contributed by atoms with E-state index in [0.717, 1.165) is 23.7 Å². The van der Waals surface area contributed by atoms with Crippen molar-refractivity contribution < 1.29 is 4.39 Å². The van der Waals surface area contributed by atoms with E-state index in [1.807, 2.05) is 25.1 Å². The third-order valence-electron chi connectivity index (χ3n) is 2.23. The zero-order valence-corrected chi connectivity index (χ0v) is 9.57. The van der Waals surface area contributed by atoms with E-state index in [-0.39, 0.29) is 5.82 Å². The Morgan fingerprint density at radius 2 is 2.00 bits per heavy atom. The molecule has 0 radical (unpaired) electrons. The lowest BCUT2D eigenvalue weighted by molar-refractivity contribution is 0.628. The molecule has 3 nitrogen and oxygen atoms in total. The van der Waals surface area contributed by atoms with Crippen molar-refractivity contribution in [3.8, 4) is 0 Å². The fourth-order valence-corrected chi connectivity index (χ4v) is 1.52. The quantitative estimate of drug-likeness (QED) is 0.846. The molecular weight excluding hydrogens is 217 g/mol. The van der Waals surface area contributed by atoms with Crippen molar-refractivity contribution in [2.24, 2.45) is 0 Å². The second-order valence-electron chi connectivity index (χ2n) is 3.60. The average molecular weight is 231 g/mol. The van der Waals surface area contributed by atoms with E-state index in [0.29, 0.717) is 0 Å². The van der Waals surface area contributed by atoms with Crippen molar-refractivity contribution >= 4 is 17.2 Å². The number of anilines is 3. The van der Waals surface area contributed by atoms with Crippen LogP contribution in [0.4, 0.5) is 21.6 Å². The number of hydrogen-bond acceptors (Lipinski definition) is 3. The molecule has 0 aliphatic rings. The number of halogens is 1. The minimum absolute atomic E-state index is 0.254. The minimum atomic E-state index is -0.254. The number of rotatable bonds is 4. The Hall–Kier alpha value is -2.10. The second kappa shape index (κ2) is 5.30. The molecule has 0 aliphatic heterocycles. The molecular formula is C13H14FN3. The maximum atomic E-state index is 13.0. The van der Waals surface area contributed by atoms with Crippen LogP contribution >= 0.6 is 0 Å². The molecule has 2 rings (SSSR count). The predicted octanol–water partition coefficient (Wildman–Crippen LogP) is 3.40. The van der Waals surface area contributed by atoms with Gasteiger partial charge in [0.05, 0.1) is 0 Å². The lowest BCUT2D eigenvalue weighted by Gasteiger charge is -2.08. The van der Waals surface area contributed by atoms with Gasteiger partial charge in [-0.3, -0.25) is 0 Å². The zero-order chi connectivity index (χ0) is 12.1. The number of nitrogens with one attached hydrogen (secondary N) is 2. The average Bonchev–Trinajstić information content (AvgIpc) is 2.30. The lowest BCUT2D eigenvalue weighted by Crippen LogP contribution is -1.99. The van der Waals surface area contributed by atoms with Gasteiger partial charge in [0.2, 0.25) is 0 Å². The molecule has 0 fully saturated rings. The number of aromatic nitrogens is 1. The highest BCUT2D eigenvalue weighted by Gasteiger charge is 1.98. The predicted molar refractivity (Wildman–Crippen MR) is 68.1 cm³/mol. The Morgan fingerprint density at radius 3 is 2.76 bits per heavy atom. The summed E-state index contributed by atoms with van der Waals surface area (Å²) in [4.78, 5) is 4.16. The molecule has 1 aromatic carbocycles. The monoisotopic (exact) mass is 231 g/mol. The van der Waals surface area contributed by atoms with Crippen LogP contribution in [-0.4, -0.2) is 11.5 Å². The van der Waals surface area contributed by atoms with Gasteiger partial charge < -0.3 is 10.6 Å². The molecule has 0 bridgehead atoms. The lowest BCUT2D eigenvalue weighted by atomic mass is 10.3. The first-order chi connectivity index (χ1) is 8.28. The fraction of sp³-hybridized carbons (Fsp3) is 0.154. The van der Waals surface area contributed by atoms with E-state index in [1.165, 1.54) is 12.1 Å². The van der Waals surface area contributed by atoms with Gasteiger partial charge in [0.1, 0.15) is 11.6 Å². The van der Waals surface area contributed by atoms with E-state index in [2.05, 4.69) is 15.6 Å². The van der Waals surface area contributed by atoms with Crippen LogP contribution in [0, 0.1) is 5.82 Å². The summed E-state index contributed by atoms with van der Waals surface area (Å²) in [6.07, 6.45) is 1.71. The van der Waals surface area contributed by atoms with Gasteiger partial charge in [0.15, 0.2) is 0 Å². The van der Waals surface area contributed by atoms with E-state index < -0.39 is 0 Å². The third-order valence-corrected chi connectivity index (χ3v) is 2.23. The van der Waals surface area contributed by atoms with Crippen molar-refractivity contribution in [3.05, 3.63) is 48.4 Å². The summed E-state index contributed by atoms with van der Waals surface area (Å²) >= 11 is 0. The van der Waals surface area contributed by atoms with Crippen molar-refractivity contribution in [1.29, 1.82) is 0 Å². The molecule has 2 N–H and O–H groups in total. The first-order valence-corrected chi connectivity index (χ1v) is 5.50. The molecule has 17 heavy (non-hydrogen) atoms. The Balaban J connectivity index is 2.15. The van der Waals surface area contributed by atoms with Gasteiger partial charge in [-0.1, -0.05) is 6.07 Å². The summed E-state index contributed by atoms with van der Waals surface area (Å²) in [7, 11) is 0. The third kappa shape index (κ3) is 3.17. The van der Waals surface area contributed by atoms with Gasteiger partial charge in [0.25, 0.3) is 0 Å². The van der Waals surface area contributed by atoms with Gasteiger partial charge in [0, 0.05) is 30.2 Å². The molecule has 2 aromatic rings. The van der Waals surface area contributed by atoms with E-state index in [4.69, 9.17) is 0 Å². The van der Waals surface area contributed by atoms with Gasteiger partial charge in [-0.15, -0.1) is 0 Å². The molecule has 1 aromatic heterocycles. The smallest absolute Gasteiger partial charge is 0.127 e.